The van der Waals surface area contributed by atoms with Crippen molar-refractivity contribution in [1.82, 2.24) is 25.0 Å². The number of pyridine rings is 1. The van der Waals surface area contributed by atoms with Crippen LogP contribution in [-0.2, 0) is 19.7 Å². The molecule has 11 nitrogen and oxygen atoms in total. The zero-order valence-electron chi connectivity index (χ0n) is 17.4. The van der Waals surface area contributed by atoms with Gasteiger partial charge < -0.3 is 10.1 Å². The first-order valence-electron chi connectivity index (χ1n) is 9.77. The summed E-state index contributed by atoms with van der Waals surface area (Å²) < 4.78 is 43.9. The smallest absolute Gasteiger partial charge is 0.275 e. The summed E-state index contributed by atoms with van der Waals surface area (Å²) in [6.45, 7) is 1.50. The molecule has 2 aromatic heterocycles. The number of aromatic nitrogens is 2. The summed E-state index contributed by atoms with van der Waals surface area (Å²) in [5.74, 6) is -0.611. The van der Waals surface area contributed by atoms with Gasteiger partial charge in [-0.25, -0.2) is 20.1 Å². The molecule has 0 fully saturated rings. The standard InChI is InChI=1S/C19H20FN7O4S2/c1-2-16(28)25-17(18-26-27(10-31-18)9-23-33(21,29)30)19-24-13-5-3-11(7-14(13)32-19)12-4-6-15(20)22-8-12/h3-8,17,23H,2,9-10H2,1H3,(H,25,28)(H2,21,29,30). The number of nitrogens with two attached hydrogens (primary N) is 1. The van der Waals surface area contributed by atoms with Gasteiger partial charge in [-0.2, -0.15) is 17.5 Å². The van der Waals surface area contributed by atoms with Crippen LogP contribution < -0.4 is 15.2 Å². The zero-order chi connectivity index (χ0) is 23.6. The second-order valence-electron chi connectivity index (χ2n) is 7.02. The molecule has 0 saturated heterocycles. The lowest BCUT2D eigenvalue weighted by Gasteiger charge is -2.14. The zero-order valence-corrected chi connectivity index (χ0v) is 19.0. The lowest BCUT2D eigenvalue weighted by molar-refractivity contribution is -0.121. The second kappa shape index (κ2) is 9.35. The Balaban J connectivity index is 1.63. The van der Waals surface area contributed by atoms with Gasteiger partial charge in [0, 0.05) is 18.2 Å². The Morgan fingerprint density at radius 3 is 2.82 bits per heavy atom. The molecular weight excluding hydrogens is 473 g/mol. The van der Waals surface area contributed by atoms with E-state index >= 15 is 0 Å². The SMILES string of the molecule is CCC(=O)NC(C1=NN(CNS(N)(=O)=O)CO1)c1nc2ccc(-c3ccc(F)nc3)cc2s1. The van der Waals surface area contributed by atoms with Gasteiger partial charge in [-0.3, -0.25) is 4.79 Å². The van der Waals surface area contributed by atoms with Crippen molar-refractivity contribution >= 4 is 43.6 Å². The quantitative estimate of drug-likeness (QED) is 0.401. The minimum absolute atomic E-state index is 0.0248. The number of halogens is 1. The van der Waals surface area contributed by atoms with Crippen LogP contribution in [0.3, 0.4) is 0 Å². The first-order chi connectivity index (χ1) is 15.7. The van der Waals surface area contributed by atoms with Crippen molar-refractivity contribution < 1.29 is 22.3 Å². The van der Waals surface area contributed by atoms with Crippen molar-refractivity contribution in [3.63, 3.8) is 0 Å². The van der Waals surface area contributed by atoms with Crippen molar-refractivity contribution in [2.45, 2.75) is 19.4 Å². The maximum absolute atomic E-state index is 13.1. The maximum Gasteiger partial charge on any atom is 0.275 e. The summed E-state index contributed by atoms with van der Waals surface area (Å²) in [4.78, 5) is 20.5. The molecule has 0 saturated carbocycles. The van der Waals surface area contributed by atoms with Crippen LogP contribution in [0, 0.1) is 5.95 Å². The Morgan fingerprint density at radius 1 is 1.33 bits per heavy atom. The number of nitrogens with zero attached hydrogens (tertiary/aromatic N) is 4. The Morgan fingerprint density at radius 2 is 2.12 bits per heavy atom. The molecule has 0 bridgehead atoms. The first-order valence-corrected chi connectivity index (χ1v) is 12.1. The van der Waals surface area contributed by atoms with Gasteiger partial charge in [0.05, 0.1) is 10.2 Å². The molecule has 4 rings (SSSR count). The summed E-state index contributed by atoms with van der Waals surface area (Å²) in [5, 5.41) is 13.9. The summed E-state index contributed by atoms with van der Waals surface area (Å²) >= 11 is 1.34. The summed E-state index contributed by atoms with van der Waals surface area (Å²) in [5.41, 5.74) is 2.30. The van der Waals surface area contributed by atoms with E-state index in [4.69, 9.17) is 9.88 Å². The predicted molar refractivity (Wildman–Crippen MR) is 120 cm³/mol. The molecule has 1 atom stereocenters. The molecule has 1 amide bonds. The minimum Gasteiger partial charge on any atom is -0.455 e. The number of carbonyl (C=O) groups is 1. The Kier molecular flexibility index (Phi) is 6.51. The van der Waals surface area contributed by atoms with E-state index in [1.54, 1.807) is 13.0 Å². The molecule has 4 N–H and O–H groups in total. The van der Waals surface area contributed by atoms with Crippen LogP contribution in [0.4, 0.5) is 4.39 Å². The summed E-state index contributed by atoms with van der Waals surface area (Å²) in [6, 6.07) is 7.76. The van der Waals surface area contributed by atoms with Gasteiger partial charge in [0.1, 0.15) is 11.7 Å². The number of benzene rings is 1. The summed E-state index contributed by atoms with van der Waals surface area (Å²) in [6.07, 6.45) is 1.70. The van der Waals surface area contributed by atoms with Gasteiger partial charge >= 0.3 is 0 Å². The highest BCUT2D eigenvalue weighted by molar-refractivity contribution is 7.87. The van der Waals surface area contributed by atoms with Gasteiger partial charge in [0.25, 0.3) is 10.2 Å². The van der Waals surface area contributed by atoms with E-state index in [0.29, 0.717) is 10.5 Å². The third-order valence-electron chi connectivity index (χ3n) is 4.64. The largest absolute Gasteiger partial charge is 0.455 e. The minimum atomic E-state index is -3.89. The number of carbonyl (C=O) groups excluding carboxylic acids is 1. The fourth-order valence-corrected chi connectivity index (χ4v) is 4.39. The highest BCUT2D eigenvalue weighted by Gasteiger charge is 2.30. The number of ether oxygens (including phenoxy) is 1. The molecule has 1 unspecified atom stereocenters. The molecule has 33 heavy (non-hydrogen) atoms. The predicted octanol–water partition coefficient (Wildman–Crippen LogP) is 1.42. The maximum atomic E-state index is 13.1. The number of rotatable bonds is 8. The molecule has 0 aliphatic carbocycles. The molecule has 174 valence electrons. The second-order valence-corrected chi connectivity index (χ2v) is 9.46. The van der Waals surface area contributed by atoms with Crippen LogP contribution in [0.5, 0.6) is 0 Å². The van der Waals surface area contributed by atoms with Crippen molar-refractivity contribution in [2.75, 3.05) is 13.4 Å². The molecule has 0 radical (unpaired) electrons. The third-order valence-corrected chi connectivity index (χ3v) is 6.25. The molecule has 1 aliphatic rings. The first kappa shape index (κ1) is 23.0. The van der Waals surface area contributed by atoms with Crippen molar-refractivity contribution in [1.29, 1.82) is 0 Å². The van der Waals surface area contributed by atoms with Gasteiger partial charge in [0.2, 0.25) is 17.8 Å². The number of thiazole rings is 1. The van der Waals surface area contributed by atoms with Crippen molar-refractivity contribution in [3.05, 3.63) is 47.5 Å². The van der Waals surface area contributed by atoms with Gasteiger partial charge in [-0.05, 0) is 29.8 Å². The molecule has 3 aromatic rings. The normalized spacial score (nSPS) is 14.8. The van der Waals surface area contributed by atoms with Crippen LogP contribution in [0.1, 0.15) is 24.4 Å². The fraction of sp³-hybridized carbons (Fsp3) is 0.263. The van der Waals surface area contributed by atoms with E-state index in [9.17, 15) is 17.6 Å². The monoisotopic (exact) mass is 493 g/mol. The number of hydrogen-bond acceptors (Lipinski definition) is 9. The highest BCUT2D eigenvalue weighted by atomic mass is 32.2. The van der Waals surface area contributed by atoms with Gasteiger partial charge in [0.15, 0.2) is 12.8 Å². The third kappa shape index (κ3) is 5.60. The van der Waals surface area contributed by atoms with Crippen LogP contribution in [0.15, 0.2) is 41.6 Å². The molecule has 1 aromatic carbocycles. The average molecular weight is 494 g/mol. The molecule has 1 aliphatic heterocycles. The molecule has 0 spiro atoms. The lowest BCUT2D eigenvalue weighted by Crippen LogP contribution is -2.38. The molecule has 14 heteroatoms. The number of hydrogen-bond donors (Lipinski definition) is 3. The van der Waals surface area contributed by atoms with E-state index in [0.717, 1.165) is 15.8 Å². The number of nitrogens with one attached hydrogen (secondary N) is 2. The number of fused-ring (bicyclic) bond motifs is 1. The van der Waals surface area contributed by atoms with E-state index in [2.05, 4.69) is 25.1 Å². The molecular formula is C19H20FN7O4S2. The Labute approximate surface area is 192 Å². The van der Waals surface area contributed by atoms with Gasteiger partial charge in [-0.15, -0.1) is 16.4 Å². The number of amides is 1. The molecule has 3 heterocycles. The van der Waals surface area contributed by atoms with Crippen LogP contribution >= 0.6 is 11.3 Å². The van der Waals surface area contributed by atoms with Crippen molar-refractivity contribution in [2.24, 2.45) is 10.2 Å². The highest BCUT2D eigenvalue weighted by Crippen LogP contribution is 2.32. The Hall–Kier alpha value is -3.20. The van der Waals surface area contributed by atoms with Crippen LogP contribution in [-0.4, -0.2) is 48.6 Å². The summed E-state index contributed by atoms with van der Waals surface area (Å²) in [7, 11) is -3.89. The topological polar surface area (TPSA) is 152 Å². The van der Waals surface area contributed by atoms with Crippen LogP contribution in [0.25, 0.3) is 21.3 Å². The van der Waals surface area contributed by atoms with E-state index in [1.807, 2.05) is 18.2 Å². The lowest BCUT2D eigenvalue weighted by atomic mass is 10.1. The number of hydrazone groups is 1. The van der Waals surface area contributed by atoms with E-state index in [1.165, 1.54) is 28.6 Å². The van der Waals surface area contributed by atoms with E-state index in [-0.39, 0.29) is 31.6 Å². The van der Waals surface area contributed by atoms with Crippen molar-refractivity contribution in [3.8, 4) is 11.1 Å². The van der Waals surface area contributed by atoms with Gasteiger partial charge in [-0.1, -0.05) is 13.0 Å². The van der Waals surface area contributed by atoms with E-state index < -0.39 is 22.2 Å². The van der Waals surface area contributed by atoms with Crippen LogP contribution in [0.2, 0.25) is 0 Å². The average Bonchev–Trinajstić information content (AvgIpc) is 3.42. The Bertz CT molecular complexity index is 1310. The fourth-order valence-electron chi connectivity index (χ4n) is 3.01.